The molecule has 0 amide bonds. The molecule has 0 unspecified atom stereocenters. The molecule has 1 heterocycles. The van der Waals surface area contributed by atoms with Crippen LogP contribution >= 0.6 is 0 Å². The van der Waals surface area contributed by atoms with Crippen LogP contribution in [0.15, 0.2) is 6.20 Å². The zero-order valence-electron chi connectivity index (χ0n) is 8.68. The van der Waals surface area contributed by atoms with Crippen LogP contribution in [0.4, 0.5) is 0 Å². The van der Waals surface area contributed by atoms with Gasteiger partial charge in [0.05, 0.1) is 6.20 Å². The molecule has 0 saturated heterocycles. The third-order valence-electron chi connectivity index (χ3n) is 1.97. The van der Waals surface area contributed by atoms with Crippen molar-refractivity contribution < 1.29 is 0 Å². The maximum Gasteiger partial charge on any atom is 0.0521 e. The fraction of sp³-hybridized carbons (Fsp3) is 0.700. The summed E-state index contributed by atoms with van der Waals surface area (Å²) in [5.41, 5.74) is 2.87. The van der Waals surface area contributed by atoms with Crippen molar-refractivity contribution in [2.24, 2.45) is 5.41 Å². The van der Waals surface area contributed by atoms with Gasteiger partial charge in [0.1, 0.15) is 0 Å². The van der Waals surface area contributed by atoms with Crippen molar-refractivity contribution in [1.29, 1.82) is 0 Å². The van der Waals surface area contributed by atoms with Crippen LogP contribution in [0, 0.1) is 19.3 Å². The molecule has 1 rings (SSSR count). The molecule has 0 bridgehead atoms. The van der Waals surface area contributed by atoms with Crippen molar-refractivity contribution in [3.05, 3.63) is 17.5 Å². The van der Waals surface area contributed by atoms with Crippen LogP contribution in [0.5, 0.6) is 0 Å². The molecule has 2 nitrogen and oxygen atoms in total. The molecule has 0 aromatic carbocycles. The Morgan fingerprint density at radius 1 is 1.33 bits per heavy atom. The van der Waals surface area contributed by atoms with Gasteiger partial charge in [-0.05, 0) is 24.8 Å². The van der Waals surface area contributed by atoms with Crippen LogP contribution in [0.25, 0.3) is 0 Å². The van der Waals surface area contributed by atoms with E-state index in [2.05, 4.69) is 44.4 Å². The molecular weight excluding hydrogens is 148 g/mol. The Morgan fingerprint density at radius 2 is 1.92 bits per heavy atom. The Labute approximate surface area is 74.6 Å². The third kappa shape index (κ3) is 2.10. The van der Waals surface area contributed by atoms with E-state index in [1.165, 1.54) is 11.3 Å². The largest absolute Gasteiger partial charge is 0.269 e. The molecule has 2 heteroatoms. The lowest BCUT2D eigenvalue weighted by atomic mass is 9.97. The smallest absolute Gasteiger partial charge is 0.0521 e. The second kappa shape index (κ2) is 2.92. The molecule has 0 saturated carbocycles. The lowest BCUT2D eigenvalue weighted by molar-refractivity contribution is 0.321. The van der Waals surface area contributed by atoms with E-state index in [0.29, 0.717) is 5.41 Å². The maximum atomic E-state index is 4.32. The number of rotatable bonds is 1. The molecule has 1 aromatic rings. The quantitative estimate of drug-likeness (QED) is 0.627. The first-order chi connectivity index (χ1) is 5.40. The summed E-state index contributed by atoms with van der Waals surface area (Å²) in [6, 6.07) is 0. The molecule has 0 fully saturated rings. The fourth-order valence-electron chi connectivity index (χ4n) is 1.15. The fourth-order valence-corrected chi connectivity index (χ4v) is 1.15. The first kappa shape index (κ1) is 9.30. The number of nitrogens with zero attached hydrogens (tertiary/aromatic N) is 2. The predicted octanol–water partition coefficient (Wildman–Crippen LogP) is 2.55. The Hall–Kier alpha value is -0.790. The lowest BCUT2D eigenvalue weighted by Crippen LogP contribution is -2.17. The summed E-state index contributed by atoms with van der Waals surface area (Å²) in [4.78, 5) is 0. The van der Waals surface area contributed by atoms with Gasteiger partial charge in [-0.1, -0.05) is 20.8 Å². The van der Waals surface area contributed by atoms with Crippen LogP contribution in [0.2, 0.25) is 0 Å². The zero-order valence-corrected chi connectivity index (χ0v) is 8.68. The Kier molecular flexibility index (Phi) is 2.27. The minimum Gasteiger partial charge on any atom is -0.269 e. The van der Waals surface area contributed by atoms with Crippen LogP contribution < -0.4 is 0 Å². The Balaban J connectivity index is 2.83. The molecule has 0 spiro atoms. The number of aryl methyl sites for hydroxylation is 1. The van der Waals surface area contributed by atoms with Crippen LogP contribution in [0.3, 0.4) is 0 Å². The van der Waals surface area contributed by atoms with E-state index in [1.807, 2.05) is 6.20 Å². The van der Waals surface area contributed by atoms with Gasteiger partial charge in [-0.25, -0.2) is 0 Å². The first-order valence-corrected chi connectivity index (χ1v) is 4.39. The van der Waals surface area contributed by atoms with Crippen molar-refractivity contribution in [1.82, 2.24) is 9.78 Å². The van der Waals surface area contributed by atoms with Crippen LogP contribution in [0.1, 0.15) is 32.0 Å². The topological polar surface area (TPSA) is 17.8 Å². The molecule has 68 valence electrons. The summed E-state index contributed by atoms with van der Waals surface area (Å²) < 4.78 is 2.08. The highest BCUT2D eigenvalue weighted by Gasteiger charge is 2.13. The van der Waals surface area contributed by atoms with Gasteiger partial charge < -0.3 is 0 Å². The normalized spacial score (nSPS) is 12.1. The number of aromatic nitrogens is 2. The number of hydrogen-bond acceptors (Lipinski definition) is 1. The summed E-state index contributed by atoms with van der Waals surface area (Å²) in [7, 11) is 0. The summed E-state index contributed by atoms with van der Waals surface area (Å²) >= 11 is 0. The molecule has 0 aliphatic rings. The van der Waals surface area contributed by atoms with E-state index in [9.17, 15) is 0 Å². The van der Waals surface area contributed by atoms with E-state index in [-0.39, 0.29) is 0 Å². The standard InChI is InChI=1S/C10H18N2/c1-8-6-11-12(9(8)2)7-10(3,4)5/h6H,7H2,1-5H3. The molecular formula is C10H18N2. The third-order valence-corrected chi connectivity index (χ3v) is 1.97. The van der Waals surface area contributed by atoms with Gasteiger partial charge in [-0.2, -0.15) is 5.10 Å². The summed E-state index contributed by atoms with van der Waals surface area (Å²) in [5.74, 6) is 0. The number of hydrogen-bond donors (Lipinski definition) is 0. The summed E-state index contributed by atoms with van der Waals surface area (Å²) in [6.07, 6.45) is 1.93. The Bertz CT molecular complexity index is 266. The van der Waals surface area contributed by atoms with Crippen LogP contribution in [-0.2, 0) is 6.54 Å². The molecule has 12 heavy (non-hydrogen) atoms. The van der Waals surface area contributed by atoms with Crippen molar-refractivity contribution in [3.8, 4) is 0 Å². The SMILES string of the molecule is Cc1cnn(CC(C)(C)C)c1C. The van der Waals surface area contributed by atoms with Gasteiger partial charge in [0.2, 0.25) is 0 Å². The lowest BCUT2D eigenvalue weighted by Gasteiger charge is -2.19. The maximum absolute atomic E-state index is 4.32. The summed E-state index contributed by atoms with van der Waals surface area (Å²) in [5, 5.41) is 4.32. The van der Waals surface area contributed by atoms with Crippen molar-refractivity contribution >= 4 is 0 Å². The predicted molar refractivity (Wildman–Crippen MR) is 51.2 cm³/mol. The molecule has 0 N–H and O–H groups in total. The first-order valence-electron chi connectivity index (χ1n) is 4.39. The van der Waals surface area contributed by atoms with Gasteiger partial charge in [0.25, 0.3) is 0 Å². The molecule has 0 atom stereocenters. The molecule has 0 radical (unpaired) electrons. The van der Waals surface area contributed by atoms with Gasteiger partial charge in [-0.15, -0.1) is 0 Å². The average Bonchev–Trinajstić information content (AvgIpc) is 2.16. The molecule has 0 aliphatic heterocycles. The van der Waals surface area contributed by atoms with Gasteiger partial charge in [-0.3, -0.25) is 4.68 Å². The van der Waals surface area contributed by atoms with Gasteiger partial charge in [0, 0.05) is 12.2 Å². The van der Waals surface area contributed by atoms with E-state index < -0.39 is 0 Å². The van der Waals surface area contributed by atoms with Crippen molar-refractivity contribution in [2.45, 2.75) is 41.2 Å². The second-order valence-electron chi connectivity index (χ2n) is 4.63. The van der Waals surface area contributed by atoms with E-state index in [1.54, 1.807) is 0 Å². The average molecular weight is 166 g/mol. The van der Waals surface area contributed by atoms with E-state index in [4.69, 9.17) is 0 Å². The van der Waals surface area contributed by atoms with Gasteiger partial charge >= 0.3 is 0 Å². The monoisotopic (exact) mass is 166 g/mol. The zero-order chi connectivity index (χ0) is 9.35. The van der Waals surface area contributed by atoms with Crippen molar-refractivity contribution in [2.75, 3.05) is 0 Å². The van der Waals surface area contributed by atoms with Gasteiger partial charge in [0.15, 0.2) is 0 Å². The minimum atomic E-state index is 0.309. The highest BCUT2D eigenvalue weighted by atomic mass is 15.3. The van der Waals surface area contributed by atoms with E-state index in [0.717, 1.165) is 6.54 Å². The molecule has 1 aromatic heterocycles. The Morgan fingerprint density at radius 3 is 2.25 bits per heavy atom. The molecule has 0 aliphatic carbocycles. The highest BCUT2D eigenvalue weighted by Crippen LogP contribution is 2.17. The highest BCUT2D eigenvalue weighted by molar-refractivity contribution is 5.13. The van der Waals surface area contributed by atoms with E-state index >= 15 is 0 Å². The summed E-state index contributed by atoms with van der Waals surface area (Å²) in [6.45, 7) is 11.9. The van der Waals surface area contributed by atoms with Crippen molar-refractivity contribution in [3.63, 3.8) is 0 Å². The van der Waals surface area contributed by atoms with Crippen LogP contribution in [-0.4, -0.2) is 9.78 Å². The second-order valence-corrected chi connectivity index (χ2v) is 4.63. The minimum absolute atomic E-state index is 0.309.